The molecule has 1 aliphatic rings. The van der Waals surface area contributed by atoms with Crippen LogP contribution in [0.15, 0.2) is 59.8 Å². The second-order valence-corrected chi connectivity index (χ2v) is 11.0. The summed E-state index contributed by atoms with van der Waals surface area (Å²) < 4.78 is 11.3. The molecule has 1 N–H and O–H groups in total. The lowest BCUT2D eigenvalue weighted by Gasteiger charge is -2.14. The first-order chi connectivity index (χ1) is 18.8. The molecule has 0 aliphatic heterocycles. The lowest BCUT2D eigenvalue weighted by Crippen LogP contribution is -2.28. The Balaban J connectivity index is 0.000000342. The molecule has 0 spiro atoms. The van der Waals surface area contributed by atoms with Crippen molar-refractivity contribution >= 4 is 34.8 Å². The fourth-order valence-corrected chi connectivity index (χ4v) is 4.46. The van der Waals surface area contributed by atoms with Crippen LogP contribution in [0, 0.1) is 28.1 Å². The number of hydrogen-bond acceptors (Lipinski definition) is 9. The van der Waals surface area contributed by atoms with Crippen molar-refractivity contribution in [3.63, 3.8) is 0 Å². The van der Waals surface area contributed by atoms with E-state index in [-0.39, 0.29) is 33.7 Å². The summed E-state index contributed by atoms with van der Waals surface area (Å²) in [5, 5.41) is 15.2. The Bertz CT molecular complexity index is 1260. The molecule has 1 aliphatic carbocycles. The third kappa shape index (κ3) is 7.99. The average molecular weight is 569 g/mol. The maximum absolute atomic E-state index is 12.6. The van der Waals surface area contributed by atoms with Crippen LogP contribution in [0.2, 0.25) is 0 Å². The molecule has 0 aromatic heterocycles. The van der Waals surface area contributed by atoms with E-state index in [0.29, 0.717) is 17.1 Å². The van der Waals surface area contributed by atoms with Crippen molar-refractivity contribution in [3.05, 3.63) is 60.2 Å². The van der Waals surface area contributed by atoms with Gasteiger partial charge in [-0.2, -0.15) is 5.26 Å². The predicted molar refractivity (Wildman–Crippen MR) is 154 cm³/mol. The number of nitrogens with one attached hydrogen (secondary N) is 1. The van der Waals surface area contributed by atoms with Gasteiger partial charge in [0.15, 0.2) is 0 Å². The van der Waals surface area contributed by atoms with E-state index in [1.165, 1.54) is 11.9 Å². The molecule has 11 heteroatoms. The Morgan fingerprint density at radius 2 is 1.62 bits per heavy atom. The summed E-state index contributed by atoms with van der Waals surface area (Å²) in [5.74, 6) is 0.477. The minimum Gasteiger partial charge on any atom is -0.457 e. The fourth-order valence-electron chi connectivity index (χ4n) is 3.99. The van der Waals surface area contributed by atoms with Crippen molar-refractivity contribution in [1.82, 2.24) is 10.2 Å². The quantitative estimate of drug-likeness (QED) is 0.162. The van der Waals surface area contributed by atoms with Crippen LogP contribution in [-0.4, -0.2) is 55.3 Å². The molecule has 3 rings (SSSR count). The zero-order valence-corrected chi connectivity index (χ0v) is 24.9. The van der Waals surface area contributed by atoms with Crippen molar-refractivity contribution in [3.8, 4) is 17.6 Å². The SMILES string of the molecule is CC1(C)C(C(=O)OC(C#N)c2cccc(Oc3ccccc3)c2)C1(C)C.CNC(=O)ON=C(SC)C(=O)N(C)C. The Morgan fingerprint density at radius 1 is 1.02 bits per heavy atom. The number of nitrogens with zero attached hydrogens (tertiary/aromatic N) is 3. The first-order valence-corrected chi connectivity index (χ1v) is 13.7. The molecule has 2 amide bonds. The Labute approximate surface area is 239 Å². The molecular formula is C29H36N4O6S. The molecule has 1 fully saturated rings. The Hall–Kier alpha value is -4.04. The molecule has 40 heavy (non-hydrogen) atoms. The minimum atomic E-state index is -0.950. The van der Waals surface area contributed by atoms with E-state index in [9.17, 15) is 19.6 Å². The van der Waals surface area contributed by atoms with E-state index in [0.717, 1.165) is 11.8 Å². The largest absolute Gasteiger partial charge is 0.457 e. The highest BCUT2D eigenvalue weighted by Gasteiger charge is 2.69. The number of rotatable bonds is 6. The number of amides is 2. The number of nitriles is 1. The van der Waals surface area contributed by atoms with Crippen molar-refractivity contribution < 1.29 is 28.7 Å². The van der Waals surface area contributed by atoms with Gasteiger partial charge in [0.05, 0.1) is 5.92 Å². The van der Waals surface area contributed by atoms with Gasteiger partial charge < -0.3 is 19.7 Å². The first-order valence-electron chi connectivity index (χ1n) is 12.5. The number of benzene rings is 2. The highest BCUT2D eigenvalue weighted by molar-refractivity contribution is 8.15. The first kappa shape index (κ1) is 32.2. The van der Waals surface area contributed by atoms with Crippen molar-refractivity contribution in [2.24, 2.45) is 21.9 Å². The summed E-state index contributed by atoms with van der Waals surface area (Å²) in [7, 11) is 4.59. The number of carbonyl (C=O) groups is 3. The monoisotopic (exact) mass is 568 g/mol. The van der Waals surface area contributed by atoms with Gasteiger partial charge in [0.2, 0.25) is 11.1 Å². The number of thioether (sulfide) groups is 1. The van der Waals surface area contributed by atoms with Gasteiger partial charge in [-0.1, -0.05) is 63.2 Å². The van der Waals surface area contributed by atoms with Gasteiger partial charge >= 0.3 is 12.1 Å². The van der Waals surface area contributed by atoms with Crippen LogP contribution in [0.3, 0.4) is 0 Å². The van der Waals surface area contributed by atoms with Crippen molar-refractivity contribution in [2.45, 2.75) is 33.8 Å². The highest BCUT2D eigenvalue weighted by Crippen LogP contribution is 2.68. The van der Waals surface area contributed by atoms with Crippen LogP contribution >= 0.6 is 11.8 Å². The zero-order valence-electron chi connectivity index (χ0n) is 24.1. The molecule has 10 nitrogen and oxygen atoms in total. The summed E-state index contributed by atoms with van der Waals surface area (Å²) >= 11 is 1.11. The van der Waals surface area contributed by atoms with E-state index in [1.54, 1.807) is 44.6 Å². The van der Waals surface area contributed by atoms with Crippen LogP contribution in [0.5, 0.6) is 11.5 Å². The standard InChI is InChI=1S/C22H23NO3.C7H13N3O3S/c1-21(2)19(22(21,3)4)20(24)26-18(14-23)15-9-8-12-17(13-15)25-16-10-6-5-7-11-16;1-8-7(12)13-9-5(14-4)6(11)10(2)3/h5-13,18-19H,1-4H3;1-4H3,(H,8,12). The summed E-state index contributed by atoms with van der Waals surface area (Å²) in [6, 6.07) is 18.6. The number of carbonyl (C=O) groups excluding carboxylic acids is 3. The predicted octanol–water partition coefficient (Wildman–Crippen LogP) is 5.38. The van der Waals surface area contributed by atoms with E-state index in [2.05, 4.69) is 49.1 Å². The molecule has 1 unspecified atom stereocenters. The van der Waals surface area contributed by atoms with Gasteiger partial charge in [0.1, 0.15) is 17.6 Å². The molecule has 0 saturated heterocycles. The molecular weight excluding hydrogens is 532 g/mol. The molecule has 0 heterocycles. The van der Waals surface area contributed by atoms with Crippen LogP contribution in [-0.2, 0) is 19.2 Å². The molecule has 1 atom stereocenters. The van der Waals surface area contributed by atoms with Crippen LogP contribution in [0.1, 0.15) is 39.4 Å². The lowest BCUT2D eigenvalue weighted by atomic mass is 10.0. The molecule has 2 aromatic rings. The van der Waals surface area contributed by atoms with E-state index in [4.69, 9.17) is 9.47 Å². The van der Waals surface area contributed by atoms with E-state index in [1.807, 2.05) is 30.3 Å². The molecule has 1 saturated carbocycles. The molecule has 0 bridgehead atoms. The Kier molecular flexibility index (Phi) is 11.1. The highest BCUT2D eigenvalue weighted by atomic mass is 32.2. The van der Waals surface area contributed by atoms with Crippen LogP contribution < -0.4 is 10.1 Å². The summed E-state index contributed by atoms with van der Waals surface area (Å²) in [6.07, 6.45) is 0.0186. The number of para-hydroxylation sites is 1. The molecule has 0 radical (unpaired) electrons. The average Bonchev–Trinajstić information content (AvgIpc) is 3.35. The lowest BCUT2D eigenvalue weighted by molar-refractivity contribution is -0.150. The number of ether oxygens (including phenoxy) is 2. The van der Waals surface area contributed by atoms with Crippen LogP contribution in [0.25, 0.3) is 0 Å². The number of hydrogen-bond donors (Lipinski definition) is 1. The Morgan fingerprint density at radius 3 is 2.12 bits per heavy atom. The topological polar surface area (TPSA) is 130 Å². The van der Waals surface area contributed by atoms with Crippen LogP contribution in [0.4, 0.5) is 4.79 Å². The van der Waals surface area contributed by atoms with Gasteiger partial charge in [-0.3, -0.25) is 14.4 Å². The third-order valence-corrected chi connectivity index (χ3v) is 7.58. The number of esters is 1. The summed E-state index contributed by atoms with van der Waals surface area (Å²) in [4.78, 5) is 40.3. The number of oxime groups is 1. The maximum atomic E-state index is 12.6. The van der Waals surface area contributed by atoms with E-state index < -0.39 is 12.2 Å². The zero-order chi connectivity index (χ0) is 30.1. The maximum Gasteiger partial charge on any atom is 0.433 e. The second kappa shape index (κ2) is 13.8. The van der Waals surface area contributed by atoms with Crippen molar-refractivity contribution in [2.75, 3.05) is 27.4 Å². The second-order valence-electron chi connectivity index (χ2n) is 10.2. The van der Waals surface area contributed by atoms with Gasteiger partial charge in [-0.05, 0) is 41.4 Å². The van der Waals surface area contributed by atoms with Gasteiger partial charge in [-0.15, -0.1) is 11.8 Å². The molecule has 2 aromatic carbocycles. The van der Waals surface area contributed by atoms with Crippen molar-refractivity contribution in [1.29, 1.82) is 5.26 Å². The minimum absolute atomic E-state index is 0.123. The van der Waals surface area contributed by atoms with Gasteiger partial charge in [-0.25, -0.2) is 4.79 Å². The smallest absolute Gasteiger partial charge is 0.433 e. The summed E-state index contributed by atoms with van der Waals surface area (Å²) in [6.45, 7) is 8.20. The van der Waals surface area contributed by atoms with Gasteiger partial charge in [0, 0.05) is 26.7 Å². The molecule has 214 valence electrons. The fraction of sp³-hybridized carbons (Fsp3) is 0.414. The summed E-state index contributed by atoms with van der Waals surface area (Å²) in [5.41, 5.74) is 0.357. The normalized spacial score (nSPS) is 15.7. The van der Waals surface area contributed by atoms with Gasteiger partial charge in [0.25, 0.3) is 5.91 Å². The van der Waals surface area contributed by atoms with E-state index >= 15 is 0 Å². The third-order valence-electron chi connectivity index (χ3n) is 6.95.